The summed E-state index contributed by atoms with van der Waals surface area (Å²) in [7, 11) is 1.64. The maximum Gasteiger partial charge on any atom is 0.161 e. The first kappa shape index (κ1) is 14.5. The van der Waals surface area contributed by atoms with Crippen molar-refractivity contribution in [1.29, 1.82) is 0 Å². The van der Waals surface area contributed by atoms with Crippen LogP contribution in [0.3, 0.4) is 0 Å². The molecule has 2 rings (SSSR count). The summed E-state index contributed by atoms with van der Waals surface area (Å²) in [5, 5.41) is 4.04. The molecular weight excluding hydrogens is 274 g/mol. The van der Waals surface area contributed by atoms with Crippen LogP contribution in [-0.2, 0) is 0 Å². The zero-order chi connectivity index (χ0) is 14.4. The predicted molar refractivity (Wildman–Crippen MR) is 83.0 cm³/mol. The van der Waals surface area contributed by atoms with Crippen molar-refractivity contribution in [3.05, 3.63) is 53.6 Å². The Kier molecular flexibility index (Phi) is 5.13. The fourth-order valence-corrected chi connectivity index (χ4v) is 1.93. The van der Waals surface area contributed by atoms with E-state index >= 15 is 0 Å². The molecule has 0 aliphatic carbocycles. The van der Waals surface area contributed by atoms with Gasteiger partial charge in [0.2, 0.25) is 0 Å². The van der Waals surface area contributed by atoms with Crippen LogP contribution in [0, 0.1) is 0 Å². The summed E-state index contributed by atoms with van der Waals surface area (Å²) in [6, 6.07) is 15.2. The molecule has 20 heavy (non-hydrogen) atoms. The van der Waals surface area contributed by atoms with Gasteiger partial charge in [-0.3, -0.25) is 0 Å². The Hall–Kier alpha value is -1.87. The van der Waals surface area contributed by atoms with Gasteiger partial charge < -0.3 is 14.8 Å². The van der Waals surface area contributed by atoms with Gasteiger partial charge in [0, 0.05) is 10.7 Å². The summed E-state index contributed by atoms with van der Waals surface area (Å²) >= 11 is 5.85. The molecule has 0 saturated heterocycles. The molecule has 106 valence electrons. The summed E-state index contributed by atoms with van der Waals surface area (Å²) in [4.78, 5) is 0. The van der Waals surface area contributed by atoms with Crippen LogP contribution in [0.2, 0.25) is 5.02 Å². The molecule has 2 aromatic rings. The van der Waals surface area contributed by atoms with E-state index in [-0.39, 0.29) is 6.10 Å². The molecule has 4 heteroatoms. The van der Waals surface area contributed by atoms with Gasteiger partial charge in [0.25, 0.3) is 0 Å². The van der Waals surface area contributed by atoms with Gasteiger partial charge in [-0.25, -0.2) is 0 Å². The van der Waals surface area contributed by atoms with Crippen molar-refractivity contribution in [2.45, 2.75) is 13.0 Å². The highest BCUT2D eigenvalue weighted by Gasteiger charge is 2.08. The van der Waals surface area contributed by atoms with E-state index in [0.717, 1.165) is 22.2 Å². The summed E-state index contributed by atoms with van der Waals surface area (Å²) in [5.41, 5.74) is 1.02. The predicted octanol–water partition coefficient (Wildman–Crippen LogP) is 4.23. The van der Waals surface area contributed by atoms with Crippen LogP contribution in [0.1, 0.15) is 6.92 Å². The third-order valence-electron chi connectivity index (χ3n) is 2.84. The number of benzene rings is 2. The number of methoxy groups -OCH3 is 1. The van der Waals surface area contributed by atoms with Crippen LogP contribution < -0.4 is 14.8 Å². The van der Waals surface area contributed by atoms with Crippen LogP contribution in [0.4, 0.5) is 5.69 Å². The fourth-order valence-electron chi connectivity index (χ4n) is 1.80. The van der Waals surface area contributed by atoms with Gasteiger partial charge >= 0.3 is 0 Å². The molecule has 0 heterocycles. The number of nitrogens with one attached hydrogen (secondary N) is 1. The zero-order valence-electron chi connectivity index (χ0n) is 11.6. The van der Waals surface area contributed by atoms with E-state index < -0.39 is 0 Å². The summed E-state index contributed by atoms with van der Waals surface area (Å²) in [6.07, 6.45) is 0.0157. The normalized spacial score (nSPS) is 11.8. The lowest BCUT2D eigenvalue weighted by molar-refractivity contribution is 0.223. The zero-order valence-corrected chi connectivity index (χ0v) is 12.4. The second kappa shape index (κ2) is 7.06. The minimum Gasteiger partial charge on any atom is -0.493 e. The smallest absolute Gasteiger partial charge is 0.161 e. The molecular formula is C16H18ClNO2. The van der Waals surface area contributed by atoms with Gasteiger partial charge in [0.15, 0.2) is 11.5 Å². The van der Waals surface area contributed by atoms with E-state index in [1.165, 1.54) is 0 Å². The molecule has 0 aromatic heterocycles. The van der Waals surface area contributed by atoms with E-state index in [1.807, 2.05) is 55.5 Å². The van der Waals surface area contributed by atoms with Crippen molar-refractivity contribution in [3.63, 3.8) is 0 Å². The first-order valence-corrected chi connectivity index (χ1v) is 6.86. The van der Waals surface area contributed by atoms with Crippen molar-refractivity contribution < 1.29 is 9.47 Å². The van der Waals surface area contributed by atoms with Crippen LogP contribution in [0.5, 0.6) is 11.5 Å². The minimum absolute atomic E-state index is 0.0157. The molecule has 0 amide bonds. The van der Waals surface area contributed by atoms with Crippen LogP contribution in [-0.4, -0.2) is 19.8 Å². The quantitative estimate of drug-likeness (QED) is 0.864. The van der Waals surface area contributed by atoms with E-state index in [2.05, 4.69) is 5.32 Å². The largest absolute Gasteiger partial charge is 0.493 e. The second-order valence-electron chi connectivity index (χ2n) is 4.47. The van der Waals surface area contributed by atoms with Crippen LogP contribution >= 0.6 is 11.6 Å². The third-order valence-corrected chi connectivity index (χ3v) is 3.09. The maximum absolute atomic E-state index is 5.87. The Bertz CT molecular complexity index is 542. The number of halogens is 1. The second-order valence-corrected chi connectivity index (χ2v) is 4.90. The first-order valence-electron chi connectivity index (χ1n) is 6.48. The molecule has 0 spiro atoms. The summed E-state index contributed by atoms with van der Waals surface area (Å²) in [5.74, 6) is 1.49. The van der Waals surface area contributed by atoms with Gasteiger partial charge in [0.05, 0.1) is 13.7 Å². The Morgan fingerprint density at radius 2 is 1.70 bits per heavy atom. The lowest BCUT2D eigenvalue weighted by atomic mass is 10.3. The number of hydrogen-bond acceptors (Lipinski definition) is 3. The van der Waals surface area contributed by atoms with E-state index in [0.29, 0.717) is 6.54 Å². The van der Waals surface area contributed by atoms with Crippen molar-refractivity contribution in [1.82, 2.24) is 0 Å². The molecule has 0 radical (unpaired) electrons. The Morgan fingerprint density at radius 3 is 2.35 bits per heavy atom. The molecule has 0 aliphatic heterocycles. The maximum atomic E-state index is 5.87. The molecule has 0 bridgehead atoms. The minimum atomic E-state index is 0.0157. The van der Waals surface area contributed by atoms with Crippen LogP contribution in [0.15, 0.2) is 48.5 Å². The van der Waals surface area contributed by atoms with Gasteiger partial charge in [-0.05, 0) is 43.3 Å². The van der Waals surface area contributed by atoms with Gasteiger partial charge in [-0.15, -0.1) is 0 Å². The highest BCUT2D eigenvalue weighted by Crippen LogP contribution is 2.26. The van der Waals surface area contributed by atoms with Gasteiger partial charge in [0.1, 0.15) is 6.10 Å². The Labute approximate surface area is 124 Å². The fraction of sp³-hybridized carbons (Fsp3) is 0.250. The van der Waals surface area contributed by atoms with Crippen molar-refractivity contribution in [3.8, 4) is 11.5 Å². The lowest BCUT2D eigenvalue weighted by Gasteiger charge is -2.17. The average molecular weight is 292 g/mol. The number of anilines is 1. The highest BCUT2D eigenvalue weighted by molar-refractivity contribution is 6.30. The Morgan fingerprint density at radius 1 is 1.05 bits per heavy atom. The number of ether oxygens (including phenoxy) is 2. The molecule has 1 atom stereocenters. The average Bonchev–Trinajstić information content (AvgIpc) is 2.47. The van der Waals surface area contributed by atoms with Crippen molar-refractivity contribution >= 4 is 17.3 Å². The summed E-state index contributed by atoms with van der Waals surface area (Å²) in [6.45, 7) is 2.70. The van der Waals surface area contributed by atoms with E-state index in [1.54, 1.807) is 7.11 Å². The molecule has 0 saturated carbocycles. The number of hydrogen-bond donors (Lipinski definition) is 1. The lowest BCUT2D eigenvalue weighted by Crippen LogP contribution is -2.22. The molecule has 2 aromatic carbocycles. The summed E-state index contributed by atoms with van der Waals surface area (Å²) < 4.78 is 11.1. The van der Waals surface area contributed by atoms with Crippen molar-refractivity contribution in [2.24, 2.45) is 0 Å². The molecule has 1 unspecified atom stereocenters. The highest BCUT2D eigenvalue weighted by atomic mass is 35.5. The Balaban J connectivity index is 1.89. The van der Waals surface area contributed by atoms with Gasteiger partial charge in [-0.1, -0.05) is 23.7 Å². The topological polar surface area (TPSA) is 30.5 Å². The first-order chi connectivity index (χ1) is 9.69. The number of para-hydroxylation sites is 2. The van der Waals surface area contributed by atoms with Gasteiger partial charge in [-0.2, -0.15) is 0 Å². The molecule has 0 aliphatic rings. The monoisotopic (exact) mass is 291 g/mol. The molecule has 3 nitrogen and oxygen atoms in total. The standard InChI is InChI=1S/C16H18ClNO2/c1-12(11-18-14-9-7-13(17)8-10-14)20-16-6-4-3-5-15(16)19-2/h3-10,12,18H,11H2,1-2H3. The third kappa shape index (κ3) is 4.07. The van der Waals surface area contributed by atoms with E-state index in [9.17, 15) is 0 Å². The van der Waals surface area contributed by atoms with E-state index in [4.69, 9.17) is 21.1 Å². The van der Waals surface area contributed by atoms with Crippen LogP contribution in [0.25, 0.3) is 0 Å². The number of rotatable bonds is 6. The van der Waals surface area contributed by atoms with Crippen molar-refractivity contribution in [2.75, 3.05) is 19.0 Å². The SMILES string of the molecule is COc1ccccc1OC(C)CNc1ccc(Cl)cc1. The molecule has 1 N–H and O–H groups in total. The molecule has 0 fully saturated rings.